The lowest BCUT2D eigenvalue weighted by Gasteiger charge is -2.01. The molecule has 20 heavy (non-hydrogen) atoms. The molecule has 0 aromatic carbocycles. The molecule has 0 bridgehead atoms. The summed E-state index contributed by atoms with van der Waals surface area (Å²) >= 11 is 0. The van der Waals surface area contributed by atoms with Crippen LogP contribution in [0.2, 0.25) is 0 Å². The van der Waals surface area contributed by atoms with E-state index in [2.05, 4.69) is 15.3 Å². The van der Waals surface area contributed by atoms with Gasteiger partial charge in [-0.15, -0.1) is 0 Å². The Kier molecular flexibility index (Phi) is 7.79. The molecule has 1 amide bonds. The van der Waals surface area contributed by atoms with Crippen LogP contribution in [-0.4, -0.2) is 25.2 Å². The van der Waals surface area contributed by atoms with Gasteiger partial charge in [-0.05, 0) is 18.9 Å². The van der Waals surface area contributed by atoms with Crippen LogP contribution >= 0.6 is 0 Å². The molecule has 0 fully saturated rings. The molecule has 0 spiro atoms. The number of carbonyl (C=O) groups excluding carboxylic acids is 2. The number of ether oxygens (including phenoxy) is 1. The average molecular weight is 280 g/mol. The molecule has 110 valence electrons. The summed E-state index contributed by atoms with van der Waals surface area (Å²) in [7, 11) is 1.39. The molecule has 1 rings (SSSR count). The summed E-state index contributed by atoms with van der Waals surface area (Å²) in [6.07, 6.45) is 8.89. The Hall–Kier alpha value is -2.11. The Morgan fingerprint density at radius 1 is 1.30 bits per heavy atom. The highest BCUT2D eigenvalue weighted by Crippen LogP contribution is 2.06. The van der Waals surface area contributed by atoms with E-state index in [4.69, 9.17) is 4.42 Å². The van der Waals surface area contributed by atoms with E-state index in [1.54, 1.807) is 6.07 Å². The van der Waals surface area contributed by atoms with Crippen LogP contribution in [0.4, 0.5) is 0 Å². The Morgan fingerprint density at radius 3 is 2.70 bits per heavy atom. The van der Waals surface area contributed by atoms with Crippen LogP contribution in [0.5, 0.6) is 0 Å². The Labute approximate surface area is 118 Å². The third kappa shape index (κ3) is 7.35. The molecule has 0 aliphatic rings. The first-order chi connectivity index (χ1) is 9.72. The van der Waals surface area contributed by atoms with Gasteiger partial charge in [-0.3, -0.25) is 9.59 Å². The van der Waals surface area contributed by atoms with Crippen molar-refractivity contribution in [2.24, 2.45) is 5.10 Å². The van der Waals surface area contributed by atoms with Gasteiger partial charge >= 0.3 is 5.97 Å². The molecule has 0 saturated heterocycles. The van der Waals surface area contributed by atoms with Crippen LogP contribution in [0.1, 0.15) is 44.1 Å². The molecule has 1 aromatic heterocycles. The van der Waals surface area contributed by atoms with E-state index in [9.17, 15) is 9.59 Å². The van der Waals surface area contributed by atoms with E-state index in [1.807, 2.05) is 0 Å². The number of methoxy groups -OCH3 is 1. The summed E-state index contributed by atoms with van der Waals surface area (Å²) in [5.74, 6) is -0.297. The van der Waals surface area contributed by atoms with Crippen molar-refractivity contribution in [3.63, 3.8) is 0 Å². The Balaban J connectivity index is 1.99. The second-order valence-corrected chi connectivity index (χ2v) is 4.34. The lowest BCUT2D eigenvalue weighted by molar-refractivity contribution is -0.140. The summed E-state index contributed by atoms with van der Waals surface area (Å²) in [6.45, 7) is 0. The van der Waals surface area contributed by atoms with E-state index in [-0.39, 0.29) is 11.9 Å². The summed E-state index contributed by atoms with van der Waals surface area (Å²) in [5, 5.41) is 3.82. The molecule has 6 nitrogen and oxygen atoms in total. The van der Waals surface area contributed by atoms with E-state index in [0.717, 1.165) is 31.2 Å². The first-order valence-electron chi connectivity index (χ1n) is 6.63. The molecule has 0 saturated carbocycles. The smallest absolute Gasteiger partial charge is 0.305 e. The summed E-state index contributed by atoms with van der Waals surface area (Å²) in [6, 6.07) is 1.75. The minimum atomic E-state index is -0.184. The van der Waals surface area contributed by atoms with E-state index >= 15 is 0 Å². The normalized spacial score (nSPS) is 10.7. The van der Waals surface area contributed by atoms with Crippen molar-refractivity contribution < 1.29 is 18.7 Å². The van der Waals surface area contributed by atoms with Gasteiger partial charge in [0.05, 0.1) is 25.9 Å². The Bertz CT molecular complexity index is 426. The third-order valence-electron chi connectivity index (χ3n) is 2.71. The number of unbranched alkanes of at least 4 members (excludes halogenated alkanes) is 3. The zero-order chi connectivity index (χ0) is 14.6. The molecule has 1 heterocycles. The van der Waals surface area contributed by atoms with Crippen molar-refractivity contribution >= 4 is 18.1 Å². The number of nitrogens with one attached hydrogen (secondary N) is 1. The first kappa shape index (κ1) is 15.9. The lowest BCUT2D eigenvalue weighted by Crippen LogP contribution is -2.16. The van der Waals surface area contributed by atoms with Gasteiger partial charge in [-0.1, -0.05) is 12.8 Å². The van der Waals surface area contributed by atoms with Gasteiger partial charge < -0.3 is 9.15 Å². The predicted octanol–water partition coefficient (Wildman–Crippen LogP) is 2.24. The van der Waals surface area contributed by atoms with Crippen LogP contribution in [0.25, 0.3) is 0 Å². The third-order valence-corrected chi connectivity index (χ3v) is 2.71. The highest BCUT2D eigenvalue weighted by Gasteiger charge is 2.01. The summed E-state index contributed by atoms with van der Waals surface area (Å²) < 4.78 is 9.41. The van der Waals surface area contributed by atoms with Crippen LogP contribution in [0.15, 0.2) is 28.1 Å². The molecule has 0 radical (unpaired) electrons. The van der Waals surface area contributed by atoms with Crippen molar-refractivity contribution in [1.29, 1.82) is 0 Å². The number of furan rings is 1. The maximum Gasteiger partial charge on any atom is 0.305 e. The minimum Gasteiger partial charge on any atom is -0.472 e. The topological polar surface area (TPSA) is 80.9 Å². The predicted molar refractivity (Wildman–Crippen MR) is 74.2 cm³/mol. The molecule has 6 heteroatoms. The highest BCUT2D eigenvalue weighted by molar-refractivity contribution is 5.81. The van der Waals surface area contributed by atoms with Gasteiger partial charge in [-0.2, -0.15) is 5.10 Å². The standard InChI is InChI=1S/C14H20N2O4/c1-19-14(18)7-5-3-2-4-6-13(17)16-15-10-12-8-9-20-11-12/h8-11H,2-7H2,1H3,(H,16,17)/b15-10+. The van der Waals surface area contributed by atoms with Crippen molar-refractivity contribution in [3.05, 3.63) is 24.2 Å². The van der Waals surface area contributed by atoms with Gasteiger partial charge in [0, 0.05) is 18.4 Å². The van der Waals surface area contributed by atoms with Gasteiger partial charge in [0.1, 0.15) is 0 Å². The zero-order valence-electron chi connectivity index (χ0n) is 11.6. The summed E-state index contributed by atoms with van der Waals surface area (Å²) in [4.78, 5) is 22.3. The van der Waals surface area contributed by atoms with Gasteiger partial charge in [0.15, 0.2) is 0 Å². The summed E-state index contributed by atoms with van der Waals surface area (Å²) in [5.41, 5.74) is 3.25. The fourth-order valence-corrected chi connectivity index (χ4v) is 1.59. The molecule has 1 N–H and O–H groups in total. The minimum absolute atomic E-state index is 0.113. The number of hydrogen-bond acceptors (Lipinski definition) is 5. The SMILES string of the molecule is COC(=O)CCCCCCC(=O)N/N=C/c1ccoc1. The van der Waals surface area contributed by atoms with Gasteiger partial charge in [-0.25, -0.2) is 5.43 Å². The fourth-order valence-electron chi connectivity index (χ4n) is 1.59. The van der Waals surface area contributed by atoms with Gasteiger partial charge in [0.2, 0.25) is 5.91 Å². The van der Waals surface area contributed by atoms with Crippen molar-refractivity contribution in [1.82, 2.24) is 5.43 Å². The number of hydrogen-bond donors (Lipinski definition) is 1. The molecule has 1 aromatic rings. The molecule has 0 aliphatic carbocycles. The number of rotatable bonds is 9. The monoisotopic (exact) mass is 280 g/mol. The molecular formula is C14H20N2O4. The van der Waals surface area contributed by atoms with Crippen LogP contribution in [0, 0.1) is 0 Å². The second kappa shape index (κ2) is 9.77. The molecular weight excluding hydrogens is 260 g/mol. The maximum atomic E-state index is 11.4. The molecule has 0 aliphatic heterocycles. The lowest BCUT2D eigenvalue weighted by atomic mass is 10.1. The van der Waals surface area contributed by atoms with Crippen molar-refractivity contribution in [3.8, 4) is 0 Å². The van der Waals surface area contributed by atoms with Crippen LogP contribution < -0.4 is 5.43 Å². The maximum absolute atomic E-state index is 11.4. The van der Waals surface area contributed by atoms with Crippen molar-refractivity contribution in [2.75, 3.05) is 7.11 Å². The number of hydrazone groups is 1. The average Bonchev–Trinajstić information content (AvgIpc) is 2.95. The van der Waals surface area contributed by atoms with Crippen molar-refractivity contribution in [2.45, 2.75) is 38.5 Å². The van der Waals surface area contributed by atoms with E-state index < -0.39 is 0 Å². The van der Waals surface area contributed by atoms with E-state index in [0.29, 0.717) is 12.8 Å². The second-order valence-electron chi connectivity index (χ2n) is 4.34. The van der Waals surface area contributed by atoms with Crippen LogP contribution in [-0.2, 0) is 14.3 Å². The highest BCUT2D eigenvalue weighted by atomic mass is 16.5. The molecule has 0 unspecified atom stereocenters. The zero-order valence-corrected chi connectivity index (χ0v) is 11.6. The van der Waals surface area contributed by atoms with Gasteiger partial charge in [0.25, 0.3) is 0 Å². The number of nitrogens with zero attached hydrogens (tertiary/aromatic N) is 1. The first-order valence-corrected chi connectivity index (χ1v) is 6.63. The van der Waals surface area contributed by atoms with E-state index in [1.165, 1.54) is 25.9 Å². The Morgan fingerprint density at radius 2 is 2.05 bits per heavy atom. The molecule has 0 atom stereocenters. The van der Waals surface area contributed by atoms with Crippen LogP contribution in [0.3, 0.4) is 0 Å². The fraction of sp³-hybridized carbons (Fsp3) is 0.500. The number of amides is 1. The quantitative estimate of drug-likeness (QED) is 0.325. The number of carbonyl (C=O) groups is 2. The largest absolute Gasteiger partial charge is 0.472 e. The number of esters is 1.